The molecule has 1 aromatic heterocycles. The minimum absolute atomic E-state index is 0.0496. The molecule has 1 aliphatic rings. The van der Waals surface area contributed by atoms with Crippen LogP contribution in [0.5, 0.6) is 17.2 Å². The molecule has 8 nitrogen and oxygen atoms in total. The SMILES string of the molecule is COc1cccc(OC)c1S(=O)(=O)Nc1noc2cc(Br)c3c(c12)OCCC3. The lowest BCUT2D eigenvalue weighted by Gasteiger charge is -2.19. The van der Waals surface area contributed by atoms with Crippen LogP contribution in [0.2, 0.25) is 0 Å². The third-order valence-electron chi connectivity index (χ3n) is 4.47. The first-order valence-electron chi connectivity index (χ1n) is 8.43. The highest BCUT2D eigenvalue weighted by Gasteiger charge is 2.29. The predicted octanol–water partition coefficient (Wildman–Crippen LogP) is 3.73. The van der Waals surface area contributed by atoms with Crippen LogP contribution in [0, 0.1) is 0 Å². The highest BCUT2D eigenvalue weighted by molar-refractivity contribution is 9.10. The van der Waals surface area contributed by atoms with Gasteiger partial charge in [0.2, 0.25) is 0 Å². The molecule has 2 heterocycles. The molecule has 0 bridgehead atoms. The summed E-state index contributed by atoms with van der Waals surface area (Å²) in [5, 5.41) is 4.40. The van der Waals surface area contributed by atoms with E-state index in [-0.39, 0.29) is 22.2 Å². The summed E-state index contributed by atoms with van der Waals surface area (Å²) >= 11 is 3.51. The number of benzene rings is 2. The molecule has 0 unspecified atom stereocenters. The average Bonchev–Trinajstić information content (AvgIpc) is 3.09. The number of nitrogens with one attached hydrogen (secondary N) is 1. The van der Waals surface area contributed by atoms with Crippen molar-refractivity contribution in [2.24, 2.45) is 0 Å². The highest BCUT2D eigenvalue weighted by atomic mass is 79.9. The number of fused-ring (bicyclic) bond motifs is 3. The monoisotopic (exact) mass is 468 g/mol. The number of hydrogen-bond acceptors (Lipinski definition) is 7. The molecular formula is C18H17BrN2O6S. The smallest absolute Gasteiger partial charge is 0.270 e. The average molecular weight is 469 g/mol. The van der Waals surface area contributed by atoms with E-state index in [2.05, 4.69) is 25.8 Å². The van der Waals surface area contributed by atoms with E-state index in [1.807, 2.05) is 0 Å². The van der Waals surface area contributed by atoms with Crippen LogP contribution < -0.4 is 18.9 Å². The fraction of sp³-hybridized carbons (Fsp3) is 0.278. The van der Waals surface area contributed by atoms with Crippen molar-refractivity contribution in [1.29, 1.82) is 0 Å². The largest absolute Gasteiger partial charge is 0.495 e. The van der Waals surface area contributed by atoms with Gasteiger partial charge < -0.3 is 18.7 Å². The molecule has 0 spiro atoms. The molecule has 148 valence electrons. The van der Waals surface area contributed by atoms with Gasteiger partial charge >= 0.3 is 0 Å². The molecule has 4 rings (SSSR count). The van der Waals surface area contributed by atoms with Crippen LogP contribution in [0.4, 0.5) is 5.82 Å². The Balaban J connectivity index is 1.85. The van der Waals surface area contributed by atoms with Gasteiger partial charge in [0.25, 0.3) is 10.0 Å². The molecule has 1 N–H and O–H groups in total. The van der Waals surface area contributed by atoms with Crippen LogP contribution in [0.25, 0.3) is 11.0 Å². The second-order valence-corrected chi connectivity index (χ2v) is 8.59. The van der Waals surface area contributed by atoms with Crippen molar-refractivity contribution >= 4 is 42.7 Å². The van der Waals surface area contributed by atoms with Gasteiger partial charge in [-0.05, 0) is 31.0 Å². The standard InChI is InChI=1S/C18H17BrN2O6S/c1-24-12-6-3-7-13(25-2)17(12)28(22,23)21-18-15-14(27-20-18)9-11(19)10-5-4-8-26-16(10)15/h3,6-7,9H,4-5,8H2,1-2H3,(H,20,21). The lowest BCUT2D eigenvalue weighted by molar-refractivity contribution is 0.291. The number of nitrogens with zero attached hydrogens (tertiary/aromatic N) is 1. The Morgan fingerprint density at radius 2 is 1.93 bits per heavy atom. The van der Waals surface area contributed by atoms with E-state index in [9.17, 15) is 8.42 Å². The van der Waals surface area contributed by atoms with Crippen LogP contribution in [-0.2, 0) is 16.4 Å². The summed E-state index contributed by atoms with van der Waals surface area (Å²) in [6, 6.07) is 6.49. The zero-order chi connectivity index (χ0) is 19.9. The van der Waals surface area contributed by atoms with E-state index in [1.54, 1.807) is 24.3 Å². The predicted molar refractivity (Wildman–Crippen MR) is 106 cm³/mol. The number of anilines is 1. The Labute approximate surface area is 169 Å². The van der Waals surface area contributed by atoms with Crippen LogP contribution >= 0.6 is 15.9 Å². The van der Waals surface area contributed by atoms with Gasteiger partial charge in [-0.15, -0.1) is 0 Å². The Bertz CT molecular complexity index is 1140. The number of rotatable bonds is 5. The first-order chi connectivity index (χ1) is 13.5. The van der Waals surface area contributed by atoms with Gasteiger partial charge in [0, 0.05) is 10.0 Å². The van der Waals surface area contributed by atoms with Gasteiger partial charge in [0.05, 0.1) is 20.8 Å². The number of hydrogen-bond donors (Lipinski definition) is 1. The normalized spacial score (nSPS) is 13.7. The lowest BCUT2D eigenvalue weighted by Crippen LogP contribution is -2.16. The number of ether oxygens (including phenoxy) is 3. The fourth-order valence-corrected chi connectivity index (χ4v) is 5.14. The first-order valence-corrected chi connectivity index (χ1v) is 10.7. The Kier molecular flexibility index (Phi) is 4.84. The number of aromatic nitrogens is 1. The Morgan fingerprint density at radius 1 is 1.21 bits per heavy atom. The molecule has 2 aromatic carbocycles. The molecule has 0 saturated carbocycles. The molecule has 0 atom stereocenters. The van der Waals surface area contributed by atoms with E-state index in [4.69, 9.17) is 18.7 Å². The van der Waals surface area contributed by atoms with Crippen LogP contribution in [0.15, 0.2) is 38.2 Å². The molecule has 0 aliphatic carbocycles. The summed E-state index contributed by atoms with van der Waals surface area (Å²) in [5.41, 5.74) is 1.37. The molecule has 0 saturated heterocycles. The molecule has 0 radical (unpaired) electrons. The van der Waals surface area contributed by atoms with E-state index < -0.39 is 10.0 Å². The Morgan fingerprint density at radius 3 is 2.61 bits per heavy atom. The zero-order valence-corrected chi connectivity index (χ0v) is 17.5. The maximum Gasteiger partial charge on any atom is 0.270 e. The summed E-state index contributed by atoms with van der Waals surface area (Å²) in [7, 11) is -1.31. The van der Waals surface area contributed by atoms with Crippen molar-refractivity contribution in [1.82, 2.24) is 5.16 Å². The van der Waals surface area contributed by atoms with Gasteiger partial charge in [0.15, 0.2) is 16.3 Å². The van der Waals surface area contributed by atoms with Crippen molar-refractivity contribution < 1.29 is 27.2 Å². The maximum absolute atomic E-state index is 13.1. The quantitative estimate of drug-likeness (QED) is 0.608. The van der Waals surface area contributed by atoms with Crippen molar-refractivity contribution in [3.05, 3.63) is 34.3 Å². The summed E-state index contributed by atoms with van der Waals surface area (Å²) in [6.07, 6.45) is 1.69. The molecule has 1 aliphatic heterocycles. The first kappa shape index (κ1) is 18.9. The second-order valence-electron chi connectivity index (χ2n) is 6.12. The molecular weight excluding hydrogens is 452 g/mol. The molecule has 0 fully saturated rings. The lowest BCUT2D eigenvalue weighted by atomic mass is 10.0. The van der Waals surface area contributed by atoms with E-state index in [1.165, 1.54) is 14.2 Å². The van der Waals surface area contributed by atoms with Gasteiger partial charge in [-0.25, -0.2) is 8.42 Å². The van der Waals surface area contributed by atoms with Gasteiger partial charge in [-0.2, -0.15) is 0 Å². The van der Waals surface area contributed by atoms with Gasteiger partial charge in [0.1, 0.15) is 22.6 Å². The van der Waals surface area contributed by atoms with Gasteiger partial charge in [-0.1, -0.05) is 27.2 Å². The molecule has 3 aromatic rings. The molecule has 0 amide bonds. The van der Waals surface area contributed by atoms with E-state index >= 15 is 0 Å². The van der Waals surface area contributed by atoms with Crippen LogP contribution in [0.1, 0.15) is 12.0 Å². The summed E-state index contributed by atoms with van der Waals surface area (Å²) in [4.78, 5) is -0.122. The summed E-state index contributed by atoms with van der Waals surface area (Å²) in [5.74, 6) is 0.927. The minimum atomic E-state index is -4.09. The topological polar surface area (TPSA) is 99.9 Å². The maximum atomic E-state index is 13.1. The number of sulfonamides is 1. The van der Waals surface area contributed by atoms with Crippen molar-refractivity contribution in [3.8, 4) is 17.2 Å². The summed E-state index contributed by atoms with van der Waals surface area (Å²) in [6.45, 7) is 0.538. The summed E-state index contributed by atoms with van der Waals surface area (Å²) < 4.78 is 51.2. The second kappa shape index (κ2) is 7.17. The fourth-order valence-electron chi connectivity index (χ4n) is 3.23. The van der Waals surface area contributed by atoms with Crippen LogP contribution in [-0.4, -0.2) is 34.4 Å². The van der Waals surface area contributed by atoms with Crippen molar-refractivity contribution in [2.45, 2.75) is 17.7 Å². The third-order valence-corrected chi connectivity index (χ3v) is 6.58. The number of halogens is 1. The van der Waals surface area contributed by atoms with Crippen molar-refractivity contribution in [3.63, 3.8) is 0 Å². The van der Waals surface area contributed by atoms with Gasteiger partial charge in [-0.3, -0.25) is 4.72 Å². The number of methoxy groups -OCH3 is 2. The van der Waals surface area contributed by atoms with E-state index in [0.717, 1.165) is 22.9 Å². The molecule has 28 heavy (non-hydrogen) atoms. The van der Waals surface area contributed by atoms with E-state index in [0.29, 0.717) is 23.3 Å². The minimum Gasteiger partial charge on any atom is -0.495 e. The third kappa shape index (κ3) is 3.06. The van der Waals surface area contributed by atoms with Crippen molar-refractivity contribution in [2.75, 3.05) is 25.5 Å². The highest BCUT2D eigenvalue weighted by Crippen LogP contribution is 2.43. The Hall–Kier alpha value is -2.46. The molecule has 10 heteroatoms. The van der Waals surface area contributed by atoms with Crippen LogP contribution in [0.3, 0.4) is 0 Å². The zero-order valence-electron chi connectivity index (χ0n) is 15.1.